The van der Waals surface area contributed by atoms with E-state index in [1.54, 1.807) is 0 Å². The molecule has 0 aliphatic rings. The molecular weight excluding hydrogens is 174 g/mol. The molecule has 2 nitrogen and oxygen atoms in total. The second-order valence-corrected chi connectivity index (χ2v) is 3.37. The van der Waals surface area contributed by atoms with Gasteiger partial charge in [-0.05, 0) is 37.5 Å². The van der Waals surface area contributed by atoms with Gasteiger partial charge in [0, 0.05) is 13.0 Å². The van der Waals surface area contributed by atoms with Crippen LogP contribution in [-0.2, 0) is 4.79 Å². The molecule has 0 N–H and O–H groups in total. The summed E-state index contributed by atoms with van der Waals surface area (Å²) >= 11 is 5.26. The van der Waals surface area contributed by atoms with Gasteiger partial charge in [-0.15, -0.1) is 0 Å². The Bertz CT molecular complexity index is 122. The Hall–Kier alpha value is -0.0800. The predicted molar refractivity (Wildman–Crippen MR) is 52.5 cm³/mol. The number of hydrogen-bond donors (Lipinski definition) is 0. The Morgan fingerprint density at radius 1 is 1.17 bits per heavy atom. The summed E-state index contributed by atoms with van der Waals surface area (Å²) in [6.07, 6.45) is 2.74. The molecule has 0 fully saturated rings. The van der Waals surface area contributed by atoms with Crippen LogP contribution in [0.25, 0.3) is 0 Å². The van der Waals surface area contributed by atoms with Crippen LogP contribution in [0.4, 0.5) is 0 Å². The van der Waals surface area contributed by atoms with Crippen LogP contribution in [0.2, 0.25) is 0 Å². The molecule has 0 saturated carbocycles. The van der Waals surface area contributed by atoms with Crippen LogP contribution in [0.15, 0.2) is 0 Å². The van der Waals surface area contributed by atoms with Crippen LogP contribution in [0.1, 0.15) is 33.1 Å². The number of nitrogens with zero attached hydrogens (tertiary/aromatic N) is 1. The van der Waals surface area contributed by atoms with Gasteiger partial charge in [0.1, 0.15) is 0 Å². The highest BCUT2D eigenvalue weighted by molar-refractivity contribution is 6.63. The van der Waals surface area contributed by atoms with Gasteiger partial charge in [0.05, 0.1) is 0 Å². The fourth-order valence-corrected chi connectivity index (χ4v) is 1.30. The van der Waals surface area contributed by atoms with E-state index in [0.717, 1.165) is 32.5 Å². The zero-order valence-electron chi connectivity index (χ0n) is 7.98. The summed E-state index contributed by atoms with van der Waals surface area (Å²) < 4.78 is 0. The van der Waals surface area contributed by atoms with Gasteiger partial charge in [0.2, 0.25) is 5.24 Å². The Balaban J connectivity index is 3.54. The van der Waals surface area contributed by atoms with Crippen molar-refractivity contribution in [1.82, 2.24) is 4.90 Å². The number of hydrogen-bond acceptors (Lipinski definition) is 2. The third-order valence-corrected chi connectivity index (χ3v) is 1.89. The van der Waals surface area contributed by atoms with Gasteiger partial charge < -0.3 is 4.90 Å². The molecule has 0 spiro atoms. The van der Waals surface area contributed by atoms with Gasteiger partial charge in [-0.25, -0.2) is 0 Å². The Morgan fingerprint density at radius 2 is 1.67 bits per heavy atom. The highest BCUT2D eigenvalue weighted by atomic mass is 35.5. The van der Waals surface area contributed by atoms with Crippen molar-refractivity contribution >= 4 is 16.8 Å². The maximum atomic E-state index is 10.5. The first-order valence-electron chi connectivity index (χ1n) is 4.61. The smallest absolute Gasteiger partial charge is 0.222 e. The lowest BCUT2D eigenvalue weighted by molar-refractivity contribution is -0.112. The Labute approximate surface area is 79.9 Å². The quantitative estimate of drug-likeness (QED) is 0.576. The largest absolute Gasteiger partial charge is 0.303 e. The number of rotatable bonds is 7. The van der Waals surface area contributed by atoms with Crippen LogP contribution < -0.4 is 0 Å². The predicted octanol–water partition coefficient (Wildman–Crippen LogP) is 2.26. The molecule has 0 heterocycles. The normalized spacial score (nSPS) is 10.7. The first-order valence-corrected chi connectivity index (χ1v) is 4.99. The van der Waals surface area contributed by atoms with Gasteiger partial charge in [-0.3, -0.25) is 4.79 Å². The van der Waals surface area contributed by atoms with Gasteiger partial charge in [0.15, 0.2) is 0 Å². The molecule has 0 radical (unpaired) electrons. The summed E-state index contributed by atoms with van der Waals surface area (Å²) in [6.45, 7) is 7.23. The summed E-state index contributed by atoms with van der Waals surface area (Å²) in [5.74, 6) is 0. The second kappa shape index (κ2) is 7.56. The van der Waals surface area contributed by atoms with E-state index in [0.29, 0.717) is 6.42 Å². The number of carbonyl (C=O) groups excluding carboxylic acids is 1. The monoisotopic (exact) mass is 191 g/mol. The summed E-state index contributed by atoms with van der Waals surface area (Å²) in [5, 5.41) is -0.229. The van der Waals surface area contributed by atoms with Gasteiger partial charge >= 0.3 is 0 Å². The standard InChI is InChI=1S/C9H18ClNO/c1-3-6-11(7-4-2)8-5-9(10)12/h3-8H2,1-2H3. The van der Waals surface area contributed by atoms with Crippen molar-refractivity contribution < 1.29 is 4.79 Å². The van der Waals surface area contributed by atoms with E-state index in [1.165, 1.54) is 0 Å². The molecule has 0 aliphatic heterocycles. The fraction of sp³-hybridized carbons (Fsp3) is 0.889. The molecule has 3 heteroatoms. The number of halogens is 1. The fourth-order valence-electron chi connectivity index (χ4n) is 1.21. The first kappa shape index (κ1) is 11.9. The van der Waals surface area contributed by atoms with E-state index < -0.39 is 0 Å². The molecule has 0 amide bonds. The minimum Gasteiger partial charge on any atom is -0.303 e. The lowest BCUT2D eigenvalue weighted by atomic mass is 10.3. The molecule has 72 valence electrons. The SMILES string of the molecule is CCCN(CCC)CCC(=O)Cl. The Kier molecular flexibility index (Phi) is 7.51. The van der Waals surface area contributed by atoms with Gasteiger partial charge in [-0.1, -0.05) is 13.8 Å². The van der Waals surface area contributed by atoms with Crippen LogP contribution in [0.5, 0.6) is 0 Å². The van der Waals surface area contributed by atoms with Crippen LogP contribution >= 0.6 is 11.6 Å². The summed E-state index contributed by atoms with van der Waals surface area (Å²) in [6, 6.07) is 0. The zero-order chi connectivity index (χ0) is 9.40. The highest BCUT2D eigenvalue weighted by Crippen LogP contribution is 1.98. The van der Waals surface area contributed by atoms with Crippen molar-refractivity contribution in [2.24, 2.45) is 0 Å². The van der Waals surface area contributed by atoms with E-state index in [1.807, 2.05) is 0 Å². The van der Waals surface area contributed by atoms with Crippen LogP contribution in [0, 0.1) is 0 Å². The third-order valence-electron chi connectivity index (χ3n) is 1.70. The van der Waals surface area contributed by atoms with Crippen molar-refractivity contribution in [3.05, 3.63) is 0 Å². The van der Waals surface area contributed by atoms with E-state index in [2.05, 4.69) is 18.7 Å². The van der Waals surface area contributed by atoms with Crippen molar-refractivity contribution in [3.63, 3.8) is 0 Å². The van der Waals surface area contributed by atoms with Gasteiger partial charge in [-0.2, -0.15) is 0 Å². The molecule has 0 aromatic rings. The highest BCUT2D eigenvalue weighted by Gasteiger charge is 2.03. The van der Waals surface area contributed by atoms with Crippen molar-refractivity contribution in [1.29, 1.82) is 0 Å². The minimum absolute atomic E-state index is 0.229. The van der Waals surface area contributed by atoms with E-state index in [-0.39, 0.29) is 5.24 Å². The molecule has 0 aromatic heterocycles. The average molecular weight is 192 g/mol. The van der Waals surface area contributed by atoms with Crippen molar-refractivity contribution in [2.45, 2.75) is 33.1 Å². The molecule has 0 atom stereocenters. The molecule has 0 aromatic carbocycles. The first-order chi connectivity index (χ1) is 5.70. The molecule has 12 heavy (non-hydrogen) atoms. The van der Waals surface area contributed by atoms with E-state index in [4.69, 9.17) is 11.6 Å². The summed E-state index contributed by atoms with van der Waals surface area (Å²) in [4.78, 5) is 12.8. The zero-order valence-corrected chi connectivity index (χ0v) is 8.73. The van der Waals surface area contributed by atoms with Crippen molar-refractivity contribution in [3.8, 4) is 0 Å². The lowest BCUT2D eigenvalue weighted by Crippen LogP contribution is -2.27. The average Bonchev–Trinajstić information content (AvgIpc) is 2.01. The minimum atomic E-state index is -0.229. The van der Waals surface area contributed by atoms with Crippen LogP contribution in [-0.4, -0.2) is 29.8 Å². The molecular formula is C9H18ClNO. The van der Waals surface area contributed by atoms with Crippen LogP contribution in [0.3, 0.4) is 0 Å². The molecule has 0 saturated heterocycles. The van der Waals surface area contributed by atoms with E-state index >= 15 is 0 Å². The Morgan fingerprint density at radius 3 is 2.00 bits per heavy atom. The van der Waals surface area contributed by atoms with Gasteiger partial charge in [0.25, 0.3) is 0 Å². The third kappa shape index (κ3) is 6.62. The maximum absolute atomic E-state index is 10.5. The topological polar surface area (TPSA) is 20.3 Å². The molecule has 0 bridgehead atoms. The molecule has 0 unspecified atom stereocenters. The van der Waals surface area contributed by atoms with E-state index in [9.17, 15) is 4.79 Å². The lowest BCUT2D eigenvalue weighted by Gasteiger charge is -2.19. The van der Waals surface area contributed by atoms with Crippen molar-refractivity contribution in [2.75, 3.05) is 19.6 Å². The maximum Gasteiger partial charge on any atom is 0.222 e. The second-order valence-electron chi connectivity index (χ2n) is 2.95. The molecule has 0 rings (SSSR count). The summed E-state index contributed by atoms with van der Waals surface area (Å²) in [5.41, 5.74) is 0. The summed E-state index contributed by atoms with van der Waals surface area (Å²) in [7, 11) is 0. The number of carbonyl (C=O) groups is 1. The molecule has 0 aliphatic carbocycles.